The van der Waals surface area contributed by atoms with Crippen LogP contribution in [-0.4, -0.2) is 10.2 Å². The van der Waals surface area contributed by atoms with Crippen LogP contribution in [0.5, 0.6) is 0 Å². The van der Waals surface area contributed by atoms with Crippen LogP contribution >= 0.6 is 0 Å². The van der Waals surface area contributed by atoms with Crippen molar-refractivity contribution in [3.05, 3.63) is 94.5 Å². The maximum Gasteiger partial charge on any atom is 0.417 e. The third-order valence-electron chi connectivity index (χ3n) is 7.46. The number of rotatable bonds is 2. The third kappa shape index (κ3) is 5.75. The number of fused-ring (bicyclic) bond motifs is 3. The Morgan fingerprint density at radius 1 is 0.408 bits per heavy atom. The van der Waals surface area contributed by atoms with Gasteiger partial charge in [0.2, 0.25) is 0 Å². The van der Waals surface area contributed by atoms with Gasteiger partial charge >= 0.3 is 30.9 Å². The number of hydrogen-bond donors (Lipinski definition) is 0. The Balaban J connectivity index is 1.92. The standard InChI is InChI=1S/C31H11F15N2O/c32-27(33,34)20-19(21(28(35,36)37)23(30(41,42)43)24(31(44,45)46)22(20)29(38,39)40)26-16-10-13-6-2-1-5-12(13)9-15(16)25(47-48-26)18-11-14-7-3-4-8-17(14)49-18/h1-11H. The van der Waals surface area contributed by atoms with E-state index in [1.165, 1.54) is 48.5 Å². The zero-order valence-electron chi connectivity index (χ0n) is 23.3. The summed E-state index contributed by atoms with van der Waals surface area (Å²) in [6.45, 7) is 0. The lowest BCUT2D eigenvalue weighted by Crippen LogP contribution is -2.32. The molecule has 0 amide bonds. The topological polar surface area (TPSA) is 38.9 Å². The molecule has 0 aliphatic rings. The van der Waals surface area contributed by atoms with E-state index in [1.54, 1.807) is 6.07 Å². The largest absolute Gasteiger partial charge is 0.454 e. The molecule has 0 fully saturated rings. The molecule has 6 rings (SSSR count). The average Bonchev–Trinajstić information content (AvgIpc) is 3.40. The van der Waals surface area contributed by atoms with Gasteiger partial charge < -0.3 is 4.42 Å². The first-order chi connectivity index (χ1) is 22.5. The lowest BCUT2D eigenvalue weighted by Gasteiger charge is -2.30. The van der Waals surface area contributed by atoms with Crippen molar-refractivity contribution >= 4 is 32.5 Å². The van der Waals surface area contributed by atoms with Crippen LogP contribution in [0.1, 0.15) is 27.8 Å². The molecule has 0 N–H and O–H groups in total. The maximum absolute atomic E-state index is 14.6. The molecule has 0 radical (unpaired) electrons. The second-order valence-corrected chi connectivity index (χ2v) is 10.5. The van der Waals surface area contributed by atoms with Crippen LogP contribution in [0.25, 0.3) is 55.2 Å². The van der Waals surface area contributed by atoms with Crippen molar-refractivity contribution in [3.63, 3.8) is 0 Å². The van der Waals surface area contributed by atoms with Crippen molar-refractivity contribution in [2.24, 2.45) is 0 Å². The van der Waals surface area contributed by atoms with Crippen LogP contribution in [-0.2, 0) is 30.9 Å². The summed E-state index contributed by atoms with van der Waals surface area (Å²) in [7, 11) is 0. The predicted octanol–water partition coefficient (Wildman–Crippen LogP) is 12.0. The van der Waals surface area contributed by atoms with Gasteiger partial charge in [0.1, 0.15) is 17.0 Å². The minimum Gasteiger partial charge on any atom is -0.454 e. The highest BCUT2D eigenvalue weighted by Crippen LogP contribution is 2.59. The fraction of sp³-hybridized carbons (Fsp3) is 0.161. The van der Waals surface area contributed by atoms with Crippen molar-refractivity contribution in [2.75, 3.05) is 0 Å². The summed E-state index contributed by atoms with van der Waals surface area (Å²) < 4.78 is 221. The number of aromatic nitrogens is 2. The van der Waals surface area contributed by atoms with E-state index >= 15 is 0 Å². The van der Waals surface area contributed by atoms with Crippen molar-refractivity contribution in [3.8, 4) is 22.7 Å². The van der Waals surface area contributed by atoms with E-state index in [2.05, 4.69) is 10.2 Å². The van der Waals surface area contributed by atoms with Gasteiger partial charge in [-0.15, -0.1) is 10.2 Å². The summed E-state index contributed by atoms with van der Waals surface area (Å²) in [6, 6.07) is 14.8. The van der Waals surface area contributed by atoms with Gasteiger partial charge in [0, 0.05) is 21.7 Å². The van der Waals surface area contributed by atoms with Crippen LogP contribution < -0.4 is 0 Å². The summed E-state index contributed by atoms with van der Waals surface area (Å²) in [6.07, 6.45) is -34.4. The Morgan fingerprint density at radius 3 is 1.20 bits per heavy atom. The molecule has 0 aliphatic carbocycles. The number of furan rings is 1. The molecule has 2 heterocycles. The van der Waals surface area contributed by atoms with Gasteiger partial charge in [-0.25, -0.2) is 0 Å². The molecule has 0 saturated carbocycles. The fourth-order valence-corrected chi connectivity index (χ4v) is 5.71. The molecule has 0 saturated heterocycles. The van der Waals surface area contributed by atoms with Crippen molar-refractivity contribution < 1.29 is 70.3 Å². The van der Waals surface area contributed by atoms with Crippen LogP contribution in [0, 0.1) is 0 Å². The van der Waals surface area contributed by atoms with Crippen molar-refractivity contribution in [1.29, 1.82) is 0 Å². The molecule has 0 aliphatic heterocycles. The predicted molar refractivity (Wildman–Crippen MR) is 143 cm³/mol. The van der Waals surface area contributed by atoms with Gasteiger partial charge in [0.15, 0.2) is 5.76 Å². The zero-order valence-corrected chi connectivity index (χ0v) is 23.3. The number of benzene rings is 4. The highest BCUT2D eigenvalue weighted by Gasteiger charge is 2.61. The second-order valence-electron chi connectivity index (χ2n) is 10.5. The monoisotopic (exact) mass is 712 g/mol. The molecule has 0 spiro atoms. The summed E-state index contributed by atoms with van der Waals surface area (Å²) in [5.74, 6) is -0.216. The summed E-state index contributed by atoms with van der Waals surface area (Å²) in [5, 5.41) is 6.13. The van der Waals surface area contributed by atoms with Gasteiger partial charge in [-0.2, -0.15) is 65.9 Å². The van der Waals surface area contributed by atoms with Crippen LogP contribution in [0.3, 0.4) is 0 Å². The Hall–Kier alpha value is -5.03. The van der Waals surface area contributed by atoms with Gasteiger partial charge in [0.05, 0.1) is 27.8 Å². The van der Waals surface area contributed by atoms with E-state index in [0.29, 0.717) is 5.39 Å². The number of halogens is 15. The normalized spacial score (nSPS) is 13.6. The summed E-state index contributed by atoms with van der Waals surface area (Å²) in [4.78, 5) is 0. The molecule has 2 aromatic heterocycles. The number of alkyl halides is 15. The highest BCUT2D eigenvalue weighted by atomic mass is 19.4. The Bertz CT molecular complexity index is 2190. The molecule has 18 heteroatoms. The first-order valence-corrected chi connectivity index (χ1v) is 13.3. The molecular formula is C31H11F15N2O. The van der Waals surface area contributed by atoms with Crippen LogP contribution in [0.15, 0.2) is 71.1 Å². The number of para-hydroxylation sites is 1. The van der Waals surface area contributed by atoms with Gasteiger partial charge in [-0.05, 0) is 35.0 Å². The first-order valence-electron chi connectivity index (χ1n) is 13.3. The lowest BCUT2D eigenvalue weighted by atomic mass is 9.82. The summed E-state index contributed by atoms with van der Waals surface area (Å²) in [5.41, 5.74) is -24.7. The molecule has 0 atom stereocenters. The van der Waals surface area contributed by atoms with E-state index in [1.807, 2.05) is 0 Å². The first kappa shape index (κ1) is 33.9. The van der Waals surface area contributed by atoms with E-state index in [-0.39, 0.29) is 22.1 Å². The Labute approximate surface area is 261 Å². The number of nitrogens with zero attached hydrogens (tertiary/aromatic N) is 2. The average molecular weight is 712 g/mol. The van der Waals surface area contributed by atoms with Gasteiger partial charge in [-0.1, -0.05) is 42.5 Å². The van der Waals surface area contributed by atoms with Gasteiger partial charge in [-0.3, -0.25) is 0 Å². The lowest BCUT2D eigenvalue weighted by molar-refractivity contribution is -0.188. The van der Waals surface area contributed by atoms with Crippen LogP contribution in [0.2, 0.25) is 0 Å². The van der Waals surface area contributed by atoms with E-state index < -0.39 is 86.4 Å². The van der Waals surface area contributed by atoms with E-state index in [4.69, 9.17) is 4.42 Å². The number of hydrogen-bond acceptors (Lipinski definition) is 3. The Kier molecular flexibility index (Phi) is 7.42. The van der Waals surface area contributed by atoms with E-state index in [0.717, 1.165) is 12.1 Å². The molecule has 6 aromatic rings. The fourth-order valence-electron chi connectivity index (χ4n) is 5.71. The molecular weight excluding hydrogens is 701 g/mol. The molecule has 0 unspecified atom stereocenters. The highest BCUT2D eigenvalue weighted by molar-refractivity contribution is 6.09. The molecule has 256 valence electrons. The maximum atomic E-state index is 14.6. The second kappa shape index (κ2) is 10.7. The Morgan fingerprint density at radius 2 is 0.776 bits per heavy atom. The molecule has 49 heavy (non-hydrogen) atoms. The molecule has 3 nitrogen and oxygen atoms in total. The smallest absolute Gasteiger partial charge is 0.417 e. The summed E-state index contributed by atoms with van der Waals surface area (Å²) >= 11 is 0. The van der Waals surface area contributed by atoms with Crippen molar-refractivity contribution in [1.82, 2.24) is 10.2 Å². The van der Waals surface area contributed by atoms with Crippen molar-refractivity contribution in [2.45, 2.75) is 30.9 Å². The minimum absolute atomic E-state index is 0.000856. The molecule has 0 bridgehead atoms. The van der Waals surface area contributed by atoms with E-state index in [9.17, 15) is 65.9 Å². The minimum atomic E-state index is -7.02. The van der Waals surface area contributed by atoms with Gasteiger partial charge in [0.25, 0.3) is 0 Å². The quantitative estimate of drug-likeness (QED) is 0.133. The third-order valence-corrected chi connectivity index (χ3v) is 7.46. The SMILES string of the molecule is FC(F)(F)c1c(-c2nnc(-c3cc4ccccc4o3)c3cc4ccccc4cc23)c(C(F)(F)F)c(C(F)(F)F)c(C(F)(F)F)c1C(F)(F)F. The zero-order chi connectivity index (χ0) is 36.1. The van der Waals surface area contributed by atoms with Crippen LogP contribution in [0.4, 0.5) is 65.9 Å². The molecule has 4 aromatic carbocycles.